The molecular weight excluding hydrogens is 479 g/mol. The summed E-state index contributed by atoms with van der Waals surface area (Å²) in [7, 11) is 0. The molecule has 1 spiro atoms. The lowest BCUT2D eigenvalue weighted by Crippen LogP contribution is -2.50. The number of hydrogen-bond donors (Lipinski definition) is 1. The number of hydrogen-bond acceptors (Lipinski definition) is 6. The van der Waals surface area contributed by atoms with E-state index in [1.807, 2.05) is 35.2 Å². The Kier molecular flexibility index (Phi) is 8.11. The molecule has 2 atom stereocenters. The number of morpholine rings is 1. The zero-order valence-corrected chi connectivity index (χ0v) is 19.9. The lowest BCUT2D eigenvalue weighted by atomic mass is 9.86. The smallest absolute Gasteiger partial charge is 0.475 e. The predicted octanol–water partition coefficient (Wildman–Crippen LogP) is 3.21. The first-order chi connectivity index (χ1) is 17.2. The molecule has 3 saturated heterocycles. The van der Waals surface area contributed by atoms with Gasteiger partial charge >= 0.3 is 12.1 Å². The number of amides is 1. The third-order valence-corrected chi connectivity index (χ3v) is 6.84. The SMILES string of the molecule is O=C(O)C(F)(F)F.O=C(c1cccc2cccnc12)N1CCCC2(CC(CN3CCOCC3)CO2)C1. The van der Waals surface area contributed by atoms with Gasteiger partial charge in [-0.1, -0.05) is 18.2 Å². The highest BCUT2D eigenvalue weighted by Crippen LogP contribution is 2.38. The quantitative estimate of drug-likeness (QED) is 0.679. The fraction of sp³-hybridized carbons (Fsp3) is 0.560. The van der Waals surface area contributed by atoms with Crippen LogP contribution in [0.25, 0.3) is 10.9 Å². The van der Waals surface area contributed by atoms with E-state index in [1.165, 1.54) is 0 Å². The van der Waals surface area contributed by atoms with E-state index in [9.17, 15) is 18.0 Å². The first kappa shape index (κ1) is 26.3. The summed E-state index contributed by atoms with van der Waals surface area (Å²) < 4.78 is 43.6. The molecule has 4 heterocycles. The van der Waals surface area contributed by atoms with Crippen LogP contribution in [0.3, 0.4) is 0 Å². The molecule has 11 heteroatoms. The number of halogens is 3. The Labute approximate surface area is 207 Å². The third kappa shape index (κ3) is 6.32. The molecule has 5 rings (SSSR count). The molecule has 1 aromatic carbocycles. The molecule has 0 aliphatic carbocycles. The lowest BCUT2D eigenvalue weighted by Gasteiger charge is -2.40. The fourth-order valence-corrected chi connectivity index (χ4v) is 5.21. The summed E-state index contributed by atoms with van der Waals surface area (Å²) in [4.78, 5) is 31.2. The van der Waals surface area contributed by atoms with Crippen LogP contribution in [0.2, 0.25) is 0 Å². The monoisotopic (exact) mass is 509 g/mol. The number of rotatable bonds is 3. The van der Waals surface area contributed by atoms with Crippen LogP contribution in [0, 0.1) is 5.92 Å². The van der Waals surface area contributed by atoms with Crippen LogP contribution >= 0.6 is 0 Å². The number of carbonyl (C=O) groups excluding carboxylic acids is 1. The van der Waals surface area contributed by atoms with Gasteiger partial charge in [-0.2, -0.15) is 13.2 Å². The van der Waals surface area contributed by atoms with E-state index >= 15 is 0 Å². The molecule has 1 amide bonds. The summed E-state index contributed by atoms with van der Waals surface area (Å²) >= 11 is 0. The standard InChI is InChI=1S/C23H29N3O3.C2HF3O2/c27-22(20-6-1-4-19-5-2-8-24-21(19)20)26-9-3-7-23(17-26)14-18(16-29-23)15-25-10-12-28-13-11-25;3-2(4,5)1(6)7/h1-2,4-6,8,18H,3,7,9-17H2;(H,6,7). The third-order valence-electron chi connectivity index (χ3n) is 6.84. The number of carboxylic acids is 1. The second-order valence-electron chi connectivity index (χ2n) is 9.49. The van der Waals surface area contributed by atoms with Crippen molar-refractivity contribution in [3.8, 4) is 0 Å². The number of likely N-dealkylation sites (tertiary alicyclic amines) is 1. The molecule has 0 radical (unpaired) electrons. The van der Waals surface area contributed by atoms with E-state index in [2.05, 4.69) is 9.88 Å². The largest absolute Gasteiger partial charge is 0.490 e. The number of fused-ring (bicyclic) bond motifs is 1. The van der Waals surface area contributed by atoms with E-state index in [0.717, 1.165) is 76.2 Å². The maximum Gasteiger partial charge on any atom is 0.490 e. The van der Waals surface area contributed by atoms with E-state index in [4.69, 9.17) is 19.4 Å². The van der Waals surface area contributed by atoms with Crippen molar-refractivity contribution in [1.29, 1.82) is 0 Å². The number of ether oxygens (including phenoxy) is 2. The highest BCUT2D eigenvalue weighted by molar-refractivity contribution is 6.05. The van der Waals surface area contributed by atoms with Crippen molar-refractivity contribution in [2.45, 2.75) is 31.0 Å². The van der Waals surface area contributed by atoms with Gasteiger partial charge in [0.2, 0.25) is 0 Å². The second-order valence-corrected chi connectivity index (χ2v) is 9.49. The minimum absolute atomic E-state index is 0.0774. The van der Waals surface area contributed by atoms with E-state index < -0.39 is 12.1 Å². The average Bonchev–Trinajstić information content (AvgIpc) is 3.24. The lowest BCUT2D eigenvalue weighted by molar-refractivity contribution is -0.192. The number of carboxylic acid groups (broad SMARTS) is 1. The highest BCUT2D eigenvalue weighted by Gasteiger charge is 2.45. The van der Waals surface area contributed by atoms with Gasteiger partial charge in [-0.15, -0.1) is 0 Å². The normalized spacial score (nSPS) is 25.0. The van der Waals surface area contributed by atoms with Crippen molar-refractivity contribution < 1.29 is 37.3 Å². The molecule has 36 heavy (non-hydrogen) atoms. The Balaban J connectivity index is 0.000000384. The summed E-state index contributed by atoms with van der Waals surface area (Å²) in [6, 6.07) is 9.77. The fourth-order valence-electron chi connectivity index (χ4n) is 5.21. The topological polar surface area (TPSA) is 92.2 Å². The number of carbonyl (C=O) groups is 2. The Morgan fingerprint density at radius 1 is 1.14 bits per heavy atom. The van der Waals surface area contributed by atoms with Gasteiger partial charge in [-0.3, -0.25) is 14.7 Å². The van der Waals surface area contributed by atoms with Crippen LogP contribution < -0.4 is 0 Å². The number of alkyl halides is 3. The van der Waals surface area contributed by atoms with Crippen molar-refractivity contribution in [2.75, 3.05) is 52.5 Å². The maximum absolute atomic E-state index is 13.4. The molecule has 1 aromatic heterocycles. The molecule has 196 valence electrons. The first-order valence-corrected chi connectivity index (χ1v) is 12.0. The molecule has 1 N–H and O–H groups in total. The number of aromatic nitrogens is 1. The summed E-state index contributed by atoms with van der Waals surface area (Å²) in [6.07, 6.45) is -0.243. The van der Waals surface area contributed by atoms with Crippen LogP contribution in [0.1, 0.15) is 29.6 Å². The average molecular weight is 510 g/mol. The van der Waals surface area contributed by atoms with Gasteiger partial charge in [-0.25, -0.2) is 4.79 Å². The molecule has 0 bridgehead atoms. The summed E-state index contributed by atoms with van der Waals surface area (Å²) in [5.41, 5.74) is 1.31. The number of aliphatic carboxylic acids is 1. The number of benzene rings is 1. The van der Waals surface area contributed by atoms with Crippen LogP contribution in [0.5, 0.6) is 0 Å². The molecule has 2 aromatic rings. The molecule has 3 aliphatic heterocycles. The van der Waals surface area contributed by atoms with Crippen molar-refractivity contribution in [3.05, 3.63) is 42.1 Å². The maximum atomic E-state index is 13.4. The molecule has 3 aliphatic rings. The van der Waals surface area contributed by atoms with Gasteiger partial charge in [0, 0.05) is 44.3 Å². The number of pyridine rings is 1. The minimum atomic E-state index is -5.08. The first-order valence-electron chi connectivity index (χ1n) is 12.0. The second kappa shape index (κ2) is 11.1. The number of piperidine rings is 1. The van der Waals surface area contributed by atoms with Crippen LogP contribution in [-0.4, -0.2) is 96.1 Å². The van der Waals surface area contributed by atoms with Gasteiger partial charge in [0.1, 0.15) is 0 Å². The van der Waals surface area contributed by atoms with E-state index in [0.29, 0.717) is 18.0 Å². The van der Waals surface area contributed by atoms with Gasteiger partial charge in [0.15, 0.2) is 0 Å². The predicted molar refractivity (Wildman–Crippen MR) is 125 cm³/mol. The van der Waals surface area contributed by atoms with E-state index in [-0.39, 0.29) is 11.5 Å². The molecular formula is C25H30F3N3O5. The Morgan fingerprint density at radius 3 is 2.58 bits per heavy atom. The summed E-state index contributed by atoms with van der Waals surface area (Å²) in [5, 5.41) is 8.13. The van der Waals surface area contributed by atoms with Gasteiger partial charge in [0.05, 0.1) is 36.5 Å². The Morgan fingerprint density at radius 2 is 1.86 bits per heavy atom. The number of nitrogens with zero attached hydrogens (tertiary/aromatic N) is 3. The molecule has 3 fully saturated rings. The minimum Gasteiger partial charge on any atom is -0.475 e. The Hall–Kier alpha value is -2.76. The highest BCUT2D eigenvalue weighted by atomic mass is 19.4. The summed E-state index contributed by atoms with van der Waals surface area (Å²) in [6.45, 7) is 7.06. The van der Waals surface area contributed by atoms with Gasteiger partial charge in [0.25, 0.3) is 5.91 Å². The Bertz CT molecular complexity index is 1070. The van der Waals surface area contributed by atoms with Gasteiger partial charge in [-0.05, 0) is 37.3 Å². The molecule has 2 unspecified atom stereocenters. The zero-order chi connectivity index (χ0) is 25.8. The van der Waals surface area contributed by atoms with Crippen LogP contribution in [0.15, 0.2) is 36.5 Å². The van der Waals surface area contributed by atoms with Gasteiger partial charge < -0.3 is 19.5 Å². The zero-order valence-electron chi connectivity index (χ0n) is 19.9. The summed E-state index contributed by atoms with van der Waals surface area (Å²) in [5.74, 6) is -2.14. The molecule has 8 nitrogen and oxygen atoms in total. The van der Waals surface area contributed by atoms with Crippen molar-refractivity contribution in [1.82, 2.24) is 14.8 Å². The van der Waals surface area contributed by atoms with E-state index in [1.54, 1.807) is 6.20 Å². The van der Waals surface area contributed by atoms with Crippen molar-refractivity contribution in [2.24, 2.45) is 5.92 Å². The molecule has 0 saturated carbocycles. The van der Waals surface area contributed by atoms with Crippen LogP contribution in [-0.2, 0) is 14.3 Å². The van der Waals surface area contributed by atoms with Crippen molar-refractivity contribution >= 4 is 22.8 Å². The van der Waals surface area contributed by atoms with Crippen molar-refractivity contribution in [3.63, 3.8) is 0 Å². The number of para-hydroxylation sites is 1. The van der Waals surface area contributed by atoms with Crippen LogP contribution in [0.4, 0.5) is 13.2 Å².